The Labute approximate surface area is 258 Å². The molecule has 0 spiro atoms. The van der Waals surface area contributed by atoms with Gasteiger partial charge >= 0.3 is 6.03 Å². The number of aromatic nitrogens is 2. The molecular weight excluding hydrogens is 582 g/mol. The Balaban J connectivity index is 1.27. The molecule has 6 rings (SSSR count). The van der Waals surface area contributed by atoms with E-state index in [2.05, 4.69) is 15.7 Å². The first-order chi connectivity index (χ1) is 21.7. The molecule has 0 radical (unpaired) electrons. The van der Waals surface area contributed by atoms with E-state index < -0.39 is 11.8 Å². The number of hydrazone groups is 1. The number of morpholine rings is 1. The van der Waals surface area contributed by atoms with Gasteiger partial charge in [0.15, 0.2) is 5.82 Å². The average Bonchev–Trinajstić information content (AvgIpc) is 3.47. The third-order valence-electron chi connectivity index (χ3n) is 7.68. The van der Waals surface area contributed by atoms with Crippen LogP contribution in [0.2, 0.25) is 0 Å². The Morgan fingerprint density at radius 3 is 2.38 bits per heavy atom. The number of amides is 3. The summed E-state index contributed by atoms with van der Waals surface area (Å²) in [5.74, 6) is -0.627. The molecule has 11 nitrogen and oxygen atoms in total. The van der Waals surface area contributed by atoms with Gasteiger partial charge in [-0.1, -0.05) is 0 Å². The zero-order chi connectivity index (χ0) is 31.7. The van der Waals surface area contributed by atoms with Crippen molar-refractivity contribution in [3.8, 4) is 11.4 Å². The van der Waals surface area contributed by atoms with Gasteiger partial charge in [0.2, 0.25) is 0 Å². The second-order valence-electron chi connectivity index (χ2n) is 11.1. The van der Waals surface area contributed by atoms with E-state index in [1.807, 2.05) is 11.9 Å². The Bertz CT molecular complexity index is 1790. The summed E-state index contributed by atoms with van der Waals surface area (Å²) >= 11 is 0. The van der Waals surface area contributed by atoms with E-state index in [-0.39, 0.29) is 29.2 Å². The highest BCUT2D eigenvalue weighted by Crippen LogP contribution is 2.33. The molecule has 0 saturated carbocycles. The SMILES string of the molecule is CN1CC(c2cc3nc(-c4ccc(NC(=O)Nc5ccc(C(=O)N(C)C)cc5)c(F)c4)nc(N4CCOCC4)c3cc2F)C=N1. The summed E-state index contributed by atoms with van der Waals surface area (Å²) in [6.07, 6.45) is 1.72. The number of carbonyl (C=O) groups is 2. The summed E-state index contributed by atoms with van der Waals surface area (Å²) in [5, 5.41) is 11.7. The molecule has 1 unspecified atom stereocenters. The highest BCUT2D eigenvalue weighted by atomic mass is 19.1. The van der Waals surface area contributed by atoms with E-state index in [0.29, 0.717) is 71.9 Å². The monoisotopic (exact) mass is 614 g/mol. The van der Waals surface area contributed by atoms with Crippen LogP contribution in [0.15, 0.2) is 59.7 Å². The van der Waals surface area contributed by atoms with Crippen LogP contribution < -0.4 is 15.5 Å². The van der Waals surface area contributed by atoms with Gasteiger partial charge in [-0.25, -0.2) is 23.5 Å². The van der Waals surface area contributed by atoms with E-state index in [1.54, 1.807) is 61.7 Å². The molecular formula is C32H32F2N8O3. The molecule has 1 saturated heterocycles. The molecule has 4 aromatic rings. The normalized spacial score (nSPS) is 16.2. The third kappa shape index (κ3) is 6.38. The maximum atomic E-state index is 15.4. The summed E-state index contributed by atoms with van der Waals surface area (Å²) < 4.78 is 36.3. The number of halogens is 2. The van der Waals surface area contributed by atoms with Gasteiger partial charge in [-0.05, 0) is 54.6 Å². The maximum Gasteiger partial charge on any atom is 0.323 e. The van der Waals surface area contributed by atoms with Gasteiger partial charge in [0.25, 0.3) is 5.91 Å². The van der Waals surface area contributed by atoms with E-state index in [4.69, 9.17) is 14.7 Å². The molecule has 3 amide bonds. The first-order valence-electron chi connectivity index (χ1n) is 14.4. The highest BCUT2D eigenvalue weighted by Gasteiger charge is 2.24. The molecule has 232 valence electrons. The summed E-state index contributed by atoms with van der Waals surface area (Å²) in [6.45, 7) is 2.68. The number of carbonyl (C=O) groups excluding carboxylic acids is 2. The van der Waals surface area contributed by atoms with Crippen LogP contribution in [0.25, 0.3) is 22.3 Å². The van der Waals surface area contributed by atoms with Crippen molar-refractivity contribution in [1.29, 1.82) is 0 Å². The molecule has 2 aliphatic rings. The van der Waals surface area contributed by atoms with Gasteiger partial charge in [0, 0.05) is 80.7 Å². The van der Waals surface area contributed by atoms with Crippen molar-refractivity contribution in [2.75, 3.05) is 69.5 Å². The molecule has 3 aromatic carbocycles. The zero-order valence-corrected chi connectivity index (χ0v) is 25.1. The molecule has 1 aromatic heterocycles. The van der Waals surface area contributed by atoms with Crippen molar-refractivity contribution < 1.29 is 23.1 Å². The fourth-order valence-electron chi connectivity index (χ4n) is 5.33. The van der Waals surface area contributed by atoms with Gasteiger partial charge in [0.05, 0.1) is 24.4 Å². The number of hydrogen-bond acceptors (Lipinski definition) is 8. The van der Waals surface area contributed by atoms with Gasteiger partial charge < -0.3 is 25.2 Å². The van der Waals surface area contributed by atoms with Crippen LogP contribution in [0.4, 0.5) is 30.8 Å². The standard InChI is InChI=1S/C32H32F2N8O3/c1-40(2)31(43)19-4-7-22(8-5-19)36-32(44)38-27-9-6-20(14-26(27)34)29-37-28-16-23(21-17-35-41(3)18-21)25(33)15-24(28)30(39-29)42-10-12-45-13-11-42/h4-9,14-17,21H,10-13,18H2,1-3H3,(H2,36,38,44). The molecule has 0 bridgehead atoms. The Hall–Kier alpha value is -5.17. The smallest absolute Gasteiger partial charge is 0.323 e. The number of ether oxygens (including phenoxy) is 1. The summed E-state index contributed by atoms with van der Waals surface area (Å²) in [5.41, 5.74) is 2.26. The van der Waals surface area contributed by atoms with Crippen LogP contribution in [-0.4, -0.2) is 92.0 Å². The number of hydrogen-bond donors (Lipinski definition) is 2. The lowest BCUT2D eigenvalue weighted by molar-refractivity contribution is 0.0827. The minimum atomic E-state index is -0.684. The topological polar surface area (TPSA) is 115 Å². The highest BCUT2D eigenvalue weighted by molar-refractivity contribution is 6.01. The first kappa shape index (κ1) is 29.9. The Morgan fingerprint density at radius 2 is 1.71 bits per heavy atom. The Kier molecular flexibility index (Phi) is 8.26. The molecule has 3 heterocycles. The second kappa shape index (κ2) is 12.4. The summed E-state index contributed by atoms with van der Waals surface area (Å²) in [4.78, 5) is 37.7. The minimum absolute atomic E-state index is 0.0427. The number of nitrogens with one attached hydrogen (secondary N) is 2. The second-order valence-corrected chi connectivity index (χ2v) is 11.1. The van der Waals surface area contributed by atoms with Crippen molar-refractivity contribution in [2.45, 2.75) is 5.92 Å². The van der Waals surface area contributed by atoms with Gasteiger partial charge in [-0.3, -0.25) is 9.80 Å². The van der Waals surface area contributed by atoms with Crippen LogP contribution in [-0.2, 0) is 4.74 Å². The molecule has 1 atom stereocenters. The predicted octanol–water partition coefficient (Wildman–Crippen LogP) is 4.77. The van der Waals surface area contributed by atoms with Crippen molar-refractivity contribution in [3.05, 3.63) is 77.4 Å². The lowest BCUT2D eigenvalue weighted by Gasteiger charge is -2.29. The van der Waals surface area contributed by atoms with Crippen LogP contribution in [0.3, 0.4) is 0 Å². The quantitative estimate of drug-likeness (QED) is 0.322. The summed E-state index contributed by atoms with van der Waals surface area (Å²) in [7, 11) is 5.13. The summed E-state index contributed by atoms with van der Waals surface area (Å²) in [6, 6.07) is 13.2. The largest absolute Gasteiger partial charge is 0.378 e. The molecule has 1 fully saturated rings. The van der Waals surface area contributed by atoms with Crippen molar-refractivity contribution in [2.24, 2.45) is 5.10 Å². The van der Waals surface area contributed by atoms with Crippen LogP contribution in [0.5, 0.6) is 0 Å². The number of urea groups is 1. The number of rotatable bonds is 6. The number of anilines is 3. The minimum Gasteiger partial charge on any atom is -0.378 e. The third-order valence-corrected chi connectivity index (χ3v) is 7.68. The number of likely N-dealkylation sites (N-methyl/N-ethyl adjacent to an activating group) is 1. The molecule has 45 heavy (non-hydrogen) atoms. The van der Waals surface area contributed by atoms with Crippen LogP contribution >= 0.6 is 0 Å². The van der Waals surface area contributed by atoms with E-state index in [9.17, 15) is 9.59 Å². The van der Waals surface area contributed by atoms with E-state index in [0.717, 1.165) is 0 Å². The van der Waals surface area contributed by atoms with Crippen molar-refractivity contribution >= 4 is 46.2 Å². The molecule has 2 N–H and O–H groups in total. The molecule has 0 aliphatic carbocycles. The number of fused-ring (bicyclic) bond motifs is 1. The lowest BCUT2D eigenvalue weighted by Crippen LogP contribution is -2.37. The lowest BCUT2D eigenvalue weighted by atomic mass is 9.98. The van der Waals surface area contributed by atoms with Crippen LogP contribution in [0.1, 0.15) is 21.8 Å². The molecule has 13 heteroatoms. The average molecular weight is 615 g/mol. The van der Waals surface area contributed by atoms with Gasteiger partial charge in [-0.2, -0.15) is 5.10 Å². The number of nitrogens with zero attached hydrogens (tertiary/aromatic N) is 6. The fraction of sp³-hybridized carbons (Fsp3) is 0.281. The van der Waals surface area contributed by atoms with Gasteiger partial charge in [0.1, 0.15) is 17.5 Å². The number of benzene rings is 3. The predicted molar refractivity (Wildman–Crippen MR) is 169 cm³/mol. The maximum absolute atomic E-state index is 15.4. The first-order valence-corrected chi connectivity index (χ1v) is 14.4. The Morgan fingerprint density at radius 1 is 0.956 bits per heavy atom. The zero-order valence-electron chi connectivity index (χ0n) is 25.1. The van der Waals surface area contributed by atoms with Crippen LogP contribution in [0, 0.1) is 11.6 Å². The van der Waals surface area contributed by atoms with Crippen molar-refractivity contribution in [1.82, 2.24) is 19.9 Å². The van der Waals surface area contributed by atoms with E-state index in [1.165, 1.54) is 23.1 Å². The molecule has 2 aliphatic heterocycles. The van der Waals surface area contributed by atoms with Gasteiger partial charge in [-0.15, -0.1) is 0 Å². The van der Waals surface area contributed by atoms with Crippen molar-refractivity contribution in [3.63, 3.8) is 0 Å². The van der Waals surface area contributed by atoms with E-state index >= 15 is 8.78 Å². The fourth-order valence-corrected chi connectivity index (χ4v) is 5.33.